The molecule has 0 saturated carbocycles. The summed E-state index contributed by atoms with van der Waals surface area (Å²) in [6.45, 7) is 5.27. The Kier molecular flexibility index (Phi) is 7.95. The molecule has 1 heterocycles. The van der Waals surface area contributed by atoms with Crippen LogP contribution in [-0.2, 0) is 16.3 Å². The summed E-state index contributed by atoms with van der Waals surface area (Å²) in [5, 5.41) is 6.37. The third kappa shape index (κ3) is 8.43. The van der Waals surface area contributed by atoms with Gasteiger partial charge in [-0.3, -0.25) is 4.99 Å². The first-order chi connectivity index (χ1) is 10.3. The van der Waals surface area contributed by atoms with Gasteiger partial charge in [0.2, 0.25) is 0 Å². The first-order valence-corrected chi connectivity index (χ1v) is 10.1. The molecule has 2 N–H and O–H groups in total. The van der Waals surface area contributed by atoms with E-state index in [1.807, 2.05) is 26.0 Å². The van der Waals surface area contributed by atoms with Crippen molar-refractivity contribution in [3.8, 4) is 0 Å². The monoisotopic (exact) mass is 393 g/mol. The number of sulfone groups is 1. The summed E-state index contributed by atoms with van der Waals surface area (Å²) in [5.74, 6) is 1.73. The fraction of sp³-hybridized carbons (Fsp3) is 0.643. The lowest BCUT2D eigenvalue weighted by Gasteiger charge is -2.17. The summed E-state index contributed by atoms with van der Waals surface area (Å²) in [6.07, 6.45) is 2.51. The largest absolute Gasteiger partial charge is 0.454 e. The van der Waals surface area contributed by atoms with Crippen LogP contribution in [0.5, 0.6) is 0 Å². The predicted octanol–water partition coefficient (Wildman–Crippen LogP) is 1.96. The van der Waals surface area contributed by atoms with E-state index < -0.39 is 9.84 Å². The number of halogens is 1. The van der Waals surface area contributed by atoms with Gasteiger partial charge in [-0.1, -0.05) is 0 Å². The highest BCUT2D eigenvalue weighted by atomic mass is 79.9. The molecule has 0 aliphatic rings. The Balaban J connectivity index is 2.47. The van der Waals surface area contributed by atoms with E-state index in [4.69, 9.17) is 4.42 Å². The second-order valence-electron chi connectivity index (χ2n) is 5.18. The number of nitrogens with one attached hydrogen (secondary N) is 2. The van der Waals surface area contributed by atoms with E-state index in [1.54, 1.807) is 0 Å². The van der Waals surface area contributed by atoms with Gasteiger partial charge >= 0.3 is 0 Å². The van der Waals surface area contributed by atoms with Gasteiger partial charge in [0.1, 0.15) is 15.6 Å². The van der Waals surface area contributed by atoms with Crippen molar-refractivity contribution in [1.29, 1.82) is 0 Å². The van der Waals surface area contributed by atoms with E-state index in [1.165, 1.54) is 6.26 Å². The fourth-order valence-corrected chi connectivity index (χ4v) is 2.90. The summed E-state index contributed by atoms with van der Waals surface area (Å²) in [7, 11) is -2.94. The topological polar surface area (TPSA) is 83.7 Å². The third-order valence-corrected chi connectivity index (χ3v) is 4.31. The Morgan fingerprint density at radius 2 is 2.18 bits per heavy atom. The number of rotatable bonds is 8. The highest BCUT2D eigenvalue weighted by Crippen LogP contribution is 2.14. The number of nitrogens with zero attached hydrogens (tertiary/aromatic N) is 1. The number of furan rings is 1. The molecule has 1 aromatic heterocycles. The highest BCUT2D eigenvalue weighted by molar-refractivity contribution is 9.10. The molecule has 0 spiro atoms. The summed E-state index contributed by atoms with van der Waals surface area (Å²) >= 11 is 3.27. The molecular weight excluding hydrogens is 370 g/mol. The predicted molar refractivity (Wildman–Crippen MR) is 93.0 cm³/mol. The lowest BCUT2D eigenvalue weighted by molar-refractivity contribution is 0.489. The van der Waals surface area contributed by atoms with Crippen LogP contribution in [0, 0.1) is 0 Å². The molecule has 0 saturated heterocycles. The Morgan fingerprint density at radius 1 is 1.45 bits per heavy atom. The molecular formula is C14H24BrN3O3S. The van der Waals surface area contributed by atoms with Crippen LogP contribution < -0.4 is 10.6 Å². The first-order valence-electron chi connectivity index (χ1n) is 7.27. The number of guanidine groups is 1. The molecule has 1 aromatic rings. The van der Waals surface area contributed by atoms with Crippen LogP contribution in [0.1, 0.15) is 26.0 Å². The van der Waals surface area contributed by atoms with E-state index in [9.17, 15) is 8.42 Å². The van der Waals surface area contributed by atoms with Gasteiger partial charge in [-0.2, -0.15) is 0 Å². The second-order valence-corrected chi connectivity index (χ2v) is 8.22. The molecule has 22 heavy (non-hydrogen) atoms. The Hall–Kier alpha value is -1.02. The lowest BCUT2D eigenvalue weighted by atomic mass is 10.3. The maximum Gasteiger partial charge on any atom is 0.191 e. The van der Waals surface area contributed by atoms with E-state index in [-0.39, 0.29) is 11.8 Å². The minimum Gasteiger partial charge on any atom is -0.454 e. The molecule has 0 amide bonds. The van der Waals surface area contributed by atoms with Crippen LogP contribution in [0.15, 0.2) is 26.2 Å². The zero-order chi connectivity index (χ0) is 16.6. The van der Waals surface area contributed by atoms with Crippen LogP contribution in [0.4, 0.5) is 0 Å². The van der Waals surface area contributed by atoms with Crippen LogP contribution >= 0.6 is 15.9 Å². The van der Waals surface area contributed by atoms with E-state index in [2.05, 4.69) is 31.6 Å². The zero-order valence-corrected chi connectivity index (χ0v) is 15.6. The van der Waals surface area contributed by atoms with Crippen molar-refractivity contribution in [3.05, 3.63) is 22.6 Å². The fourth-order valence-electron chi connectivity index (χ4n) is 1.78. The zero-order valence-electron chi connectivity index (χ0n) is 13.2. The number of hydrogen-bond acceptors (Lipinski definition) is 4. The van der Waals surface area contributed by atoms with Crippen molar-refractivity contribution in [2.75, 3.05) is 25.1 Å². The quantitative estimate of drug-likeness (QED) is 0.520. The summed E-state index contributed by atoms with van der Waals surface area (Å²) in [5.41, 5.74) is 0. The van der Waals surface area contributed by atoms with Crippen molar-refractivity contribution >= 4 is 31.7 Å². The maximum atomic E-state index is 11.2. The number of aliphatic imine (C=N–C) groups is 1. The Bertz CT molecular complexity index is 584. The maximum absolute atomic E-state index is 11.2. The van der Waals surface area contributed by atoms with Gasteiger partial charge in [0, 0.05) is 31.8 Å². The smallest absolute Gasteiger partial charge is 0.191 e. The van der Waals surface area contributed by atoms with Gasteiger partial charge in [0.15, 0.2) is 10.6 Å². The second kappa shape index (κ2) is 9.19. The van der Waals surface area contributed by atoms with Crippen molar-refractivity contribution < 1.29 is 12.8 Å². The standard InChI is InChI=1S/C14H24BrN3O3S/c1-4-16-14(18-11(2)8-10-22(3,19)20)17-9-7-12-5-6-13(15)21-12/h5-6,11H,4,7-10H2,1-3H3,(H2,16,17,18). The van der Waals surface area contributed by atoms with Gasteiger partial charge in [-0.05, 0) is 48.3 Å². The third-order valence-electron chi connectivity index (χ3n) is 2.91. The van der Waals surface area contributed by atoms with Crippen LogP contribution in [0.2, 0.25) is 0 Å². The minimum absolute atomic E-state index is 0.0327. The molecule has 0 radical (unpaired) electrons. The first kappa shape index (κ1) is 19.0. The van der Waals surface area contributed by atoms with Gasteiger partial charge in [-0.25, -0.2) is 8.42 Å². The van der Waals surface area contributed by atoms with Crippen molar-refractivity contribution in [2.24, 2.45) is 4.99 Å². The Morgan fingerprint density at radius 3 is 2.73 bits per heavy atom. The van der Waals surface area contributed by atoms with Gasteiger partial charge < -0.3 is 15.1 Å². The molecule has 6 nitrogen and oxygen atoms in total. The molecule has 1 atom stereocenters. The SMILES string of the molecule is CCNC(=NCCc1ccc(Br)o1)NC(C)CCS(C)(=O)=O. The van der Waals surface area contributed by atoms with Gasteiger partial charge in [0.05, 0.1) is 5.75 Å². The highest BCUT2D eigenvalue weighted by Gasteiger charge is 2.09. The van der Waals surface area contributed by atoms with E-state index >= 15 is 0 Å². The molecule has 1 rings (SSSR count). The molecule has 8 heteroatoms. The molecule has 0 aromatic carbocycles. The van der Waals surface area contributed by atoms with Crippen molar-refractivity contribution in [3.63, 3.8) is 0 Å². The van der Waals surface area contributed by atoms with Crippen molar-refractivity contribution in [1.82, 2.24) is 10.6 Å². The summed E-state index contributed by atoms with van der Waals surface area (Å²) < 4.78 is 28.5. The molecule has 0 aliphatic carbocycles. The molecule has 126 valence electrons. The average molecular weight is 394 g/mol. The molecule has 1 unspecified atom stereocenters. The van der Waals surface area contributed by atoms with Crippen LogP contribution in [-0.4, -0.2) is 45.5 Å². The average Bonchev–Trinajstić information content (AvgIpc) is 2.81. The molecule has 0 fully saturated rings. The lowest BCUT2D eigenvalue weighted by Crippen LogP contribution is -2.43. The van der Waals surface area contributed by atoms with Crippen LogP contribution in [0.25, 0.3) is 0 Å². The number of hydrogen-bond donors (Lipinski definition) is 2. The molecule has 0 bridgehead atoms. The molecule has 0 aliphatic heterocycles. The van der Waals surface area contributed by atoms with Gasteiger partial charge in [0.25, 0.3) is 0 Å². The summed E-state index contributed by atoms with van der Waals surface area (Å²) in [6, 6.07) is 3.80. The minimum atomic E-state index is -2.94. The van der Waals surface area contributed by atoms with E-state index in [0.717, 1.165) is 12.3 Å². The normalized spacial score (nSPS) is 13.9. The van der Waals surface area contributed by atoms with Gasteiger partial charge in [-0.15, -0.1) is 0 Å². The van der Waals surface area contributed by atoms with Crippen molar-refractivity contribution in [2.45, 2.75) is 32.7 Å². The van der Waals surface area contributed by atoms with Crippen LogP contribution in [0.3, 0.4) is 0 Å². The van der Waals surface area contributed by atoms with E-state index in [0.29, 0.717) is 30.0 Å². The summed E-state index contributed by atoms with van der Waals surface area (Å²) in [4.78, 5) is 4.47. The Labute approximate surface area is 140 Å².